The molecule has 1 aliphatic rings. The second kappa shape index (κ2) is 4.79. The summed E-state index contributed by atoms with van der Waals surface area (Å²) in [6, 6.07) is 8.93. The standard InChI is InChI=1S/C14H15NO3/c1-10(2)18-12-5-3-11(4-6-12)13(16)14(7-15)8-17-9-14/h3-6,10H,8-9H2,1-2H3. The lowest BCUT2D eigenvalue weighted by Gasteiger charge is -2.33. The van der Waals surface area contributed by atoms with E-state index in [2.05, 4.69) is 6.07 Å². The number of carbonyl (C=O) groups excluding carboxylic acids is 1. The van der Waals surface area contributed by atoms with Gasteiger partial charge in [0.15, 0.2) is 11.2 Å². The van der Waals surface area contributed by atoms with Gasteiger partial charge in [-0.2, -0.15) is 5.26 Å². The topological polar surface area (TPSA) is 59.3 Å². The van der Waals surface area contributed by atoms with Crippen LogP contribution in [0.3, 0.4) is 0 Å². The third-order valence-corrected chi connectivity index (χ3v) is 2.83. The van der Waals surface area contributed by atoms with E-state index in [1.807, 2.05) is 13.8 Å². The summed E-state index contributed by atoms with van der Waals surface area (Å²) in [4.78, 5) is 12.2. The van der Waals surface area contributed by atoms with Crippen LogP contribution in [0.25, 0.3) is 0 Å². The number of ether oxygens (including phenoxy) is 2. The Kier molecular flexibility index (Phi) is 3.35. The van der Waals surface area contributed by atoms with Gasteiger partial charge in [-0.05, 0) is 38.1 Å². The molecule has 1 fully saturated rings. The van der Waals surface area contributed by atoms with Crippen LogP contribution < -0.4 is 4.74 Å². The van der Waals surface area contributed by atoms with E-state index in [0.717, 1.165) is 5.75 Å². The lowest BCUT2D eigenvalue weighted by Crippen LogP contribution is -2.47. The quantitative estimate of drug-likeness (QED) is 0.763. The van der Waals surface area contributed by atoms with Crippen LogP contribution in [0.5, 0.6) is 5.75 Å². The molecule has 0 spiro atoms. The highest BCUT2D eigenvalue weighted by atomic mass is 16.5. The molecule has 0 aliphatic carbocycles. The Bertz CT molecular complexity index is 481. The van der Waals surface area contributed by atoms with Crippen molar-refractivity contribution in [2.45, 2.75) is 20.0 Å². The Balaban J connectivity index is 2.15. The molecule has 0 aromatic heterocycles. The highest BCUT2D eigenvalue weighted by Crippen LogP contribution is 2.31. The molecule has 1 saturated heterocycles. The maximum Gasteiger partial charge on any atom is 0.187 e. The van der Waals surface area contributed by atoms with E-state index in [9.17, 15) is 4.79 Å². The van der Waals surface area contributed by atoms with E-state index in [1.165, 1.54) is 0 Å². The molecular formula is C14H15NO3. The molecule has 1 aromatic rings. The number of Topliss-reactive ketones (excluding diaryl/α,β-unsaturated/α-hetero) is 1. The van der Waals surface area contributed by atoms with Crippen LogP contribution in [0.4, 0.5) is 0 Å². The molecule has 0 bridgehead atoms. The van der Waals surface area contributed by atoms with Crippen molar-refractivity contribution in [3.8, 4) is 11.8 Å². The number of rotatable bonds is 4. The van der Waals surface area contributed by atoms with Crippen molar-refractivity contribution in [1.29, 1.82) is 5.26 Å². The summed E-state index contributed by atoms with van der Waals surface area (Å²) >= 11 is 0. The maximum absolute atomic E-state index is 12.2. The third kappa shape index (κ3) is 2.22. The van der Waals surface area contributed by atoms with Gasteiger partial charge in [-0.15, -0.1) is 0 Å². The van der Waals surface area contributed by atoms with Crippen LogP contribution in [0.1, 0.15) is 24.2 Å². The summed E-state index contributed by atoms with van der Waals surface area (Å²) in [7, 11) is 0. The minimum atomic E-state index is -0.986. The smallest absolute Gasteiger partial charge is 0.187 e. The monoisotopic (exact) mass is 245 g/mol. The minimum Gasteiger partial charge on any atom is -0.491 e. The van der Waals surface area contributed by atoms with E-state index in [4.69, 9.17) is 14.7 Å². The Morgan fingerprint density at radius 1 is 1.39 bits per heavy atom. The number of carbonyl (C=O) groups is 1. The van der Waals surface area contributed by atoms with Crippen LogP contribution in [-0.4, -0.2) is 25.1 Å². The van der Waals surface area contributed by atoms with Crippen LogP contribution in [0, 0.1) is 16.7 Å². The number of nitriles is 1. The van der Waals surface area contributed by atoms with E-state index in [0.29, 0.717) is 5.56 Å². The maximum atomic E-state index is 12.2. The van der Waals surface area contributed by atoms with Gasteiger partial charge in [-0.1, -0.05) is 0 Å². The van der Waals surface area contributed by atoms with Crippen LogP contribution in [0.15, 0.2) is 24.3 Å². The van der Waals surface area contributed by atoms with E-state index >= 15 is 0 Å². The van der Waals surface area contributed by atoms with E-state index < -0.39 is 5.41 Å². The molecule has 0 atom stereocenters. The normalized spacial score (nSPS) is 16.8. The fourth-order valence-corrected chi connectivity index (χ4v) is 1.79. The second-order valence-corrected chi connectivity index (χ2v) is 4.71. The Morgan fingerprint density at radius 2 is 2.00 bits per heavy atom. The highest BCUT2D eigenvalue weighted by Gasteiger charge is 2.46. The number of hydrogen-bond donors (Lipinski definition) is 0. The Labute approximate surface area is 106 Å². The summed E-state index contributed by atoms with van der Waals surface area (Å²) in [5, 5.41) is 9.07. The molecule has 0 radical (unpaired) electrons. The molecule has 0 N–H and O–H groups in total. The zero-order valence-corrected chi connectivity index (χ0v) is 10.5. The first-order valence-corrected chi connectivity index (χ1v) is 5.88. The largest absolute Gasteiger partial charge is 0.491 e. The first-order chi connectivity index (χ1) is 8.57. The molecule has 1 aliphatic heterocycles. The predicted octanol–water partition coefficient (Wildman–Crippen LogP) is 2.20. The van der Waals surface area contributed by atoms with Crippen molar-refractivity contribution in [3.63, 3.8) is 0 Å². The van der Waals surface area contributed by atoms with Crippen LogP contribution in [0.2, 0.25) is 0 Å². The Hall–Kier alpha value is -1.86. The summed E-state index contributed by atoms with van der Waals surface area (Å²) in [5.74, 6) is 0.546. The van der Waals surface area contributed by atoms with Gasteiger partial charge in [0.1, 0.15) is 5.75 Å². The minimum absolute atomic E-state index is 0.0945. The number of benzene rings is 1. The fraction of sp³-hybridized carbons (Fsp3) is 0.429. The van der Waals surface area contributed by atoms with Gasteiger partial charge in [0, 0.05) is 5.56 Å². The number of ketones is 1. The SMILES string of the molecule is CC(C)Oc1ccc(C(=O)C2(C#N)COC2)cc1. The van der Waals surface area contributed by atoms with Gasteiger partial charge < -0.3 is 9.47 Å². The molecule has 1 heterocycles. The van der Waals surface area contributed by atoms with Gasteiger partial charge >= 0.3 is 0 Å². The van der Waals surface area contributed by atoms with Crippen molar-refractivity contribution in [2.75, 3.05) is 13.2 Å². The van der Waals surface area contributed by atoms with Crippen molar-refractivity contribution in [3.05, 3.63) is 29.8 Å². The van der Waals surface area contributed by atoms with Crippen LogP contribution >= 0.6 is 0 Å². The van der Waals surface area contributed by atoms with Crippen molar-refractivity contribution >= 4 is 5.78 Å². The fourth-order valence-electron chi connectivity index (χ4n) is 1.79. The lowest BCUT2D eigenvalue weighted by molar-refractivity contribution is -0.0566. The predicted molar refractivity (Wildman–Crippen MR) is 65.4 cm³/mol. The summed E-state index contributed by atoms with van der Waals surface area (Å²) in [6.45, 7) is 4.25. The molecule has 94 valence electrons. The number of hydrogen-bond acceptors (Lipinski definition) is 4. The summed E-state index contributed by atoms with van der Waals surface area (Å²) in [6.07, 6.45) is 0.0945. The molecule has 2 rings (SSSR count). The summed E-state index contributed by atoms with van der Waals surface area (Å²) in [5.41, 5.74) is -0.462. The van der Waals surface area contributed by atoms with E-state index in [-0.39, 0.29) is 25.1 Å². The molecular weight excluding hydrogens is 230 g/mol. The molecule has 0 saturated carbocycles. The zero-order chi connectivity index (χ0) is 13.2. The molecule has 0 amide bonds. The van der Waals surface area contributed by atoms with Gasteiger partial charge in [-0.25, -0.2) is 0 Å². The van der Waals surface area contributed by atoms with E-state index in [1.54, 1.807) is 24.3 Å². The molecule has 4 heteroatoms. The molecule has 4 nitrogen and oxygen atoms in total. The molecule has 0 unspecified atom stereocenters. The van der Waals surface area contributed by atoms with Gasteiger partial charge in [0.05, 0.1) is 25.4 Å². The summed E-state index contributed by atoms with van der Waals surface area (Å²) < 4.78 is 10.5. The average Bonchev–Trinajstić information content (AvgIpc) is 2.28. The van der Waals surface area contributed by atoms with Gasteiger partial charge in [0.2, 0.25) is 0 Å². The lowest BCUT2D eigenvalue weighted by atomic mass is 9.80. The Morgan fingerprint density at radius 3 is 2.39 bits per heavy atom. The molecule has 18 heavy (non-hydrogen) atoms. The first kappa shape index (κ1) is 12.6. The van der Waals surface area contributed by atoms with Crippen LogP contribution in [-0.2, 0) is 4.74 Å². The van der Waals surface area contributed by atoms with Gasteiger partial charge in [-0.3, -0.25) is 4.79 Å². The van der Waals surface area contributed by atoms with Crippen molar-refractivity contribution in [1.82, 2.24) is 0 Å². The first-order valence-electron chi connectivity index (χ1n) is 5.88. The van der Waals surface area contributed by atoms with Gasteiger partial charge in [0.25, 0.3) is 0 Å². The third-order valence-electron chi connectivity index (χ3n) is 2.83. The number of nitrogens with zero attached hydrogens (tertiary/aromatic N) is 1. The zero-order valence-electron chi connectivity index (χ0n) is 10.5. The van der Waals surface area contributed by atoms with Crippen molar-refractivity contribution in [2.24, 2.45) is 5.41 Å². The van der Waals surface area contributed by atoms with Crippen molar-refractivity contribution < 1.29 is 14.3 Å². The highest BCUT2D eigenvalue weighted by molar-refractivity contribution is 6.03. The second-order valence-electron chi connectivity index (χ2n) is 4.71. The molecule has 1 aromatic carbocycles. The average molecular weight is 245 g/mol.